The molecule has 0 bridgehead atoms. The number of anilines is 2. The summed E-state index contributed by atoms with van der Waals surface area (Å²) in [5.74, 6) is 0.857. The molecular formula is C14H20N4. The van der Waals surface area contributed by atoms with Gasteiger partial charge in [0.1, 0.15) is 0 Å². The molecule has 0 amide bonds. The van der Waals surface area contributed by atoms with Crippen molar-refractivity contribution in [2.24, 2.45) is 5.41 Å². The minimum absolute atomic E-state index is 0.498. The number of aromatic amines is 1. The lowest BCUT2D eigenvalue weighted by Gasteiger charge is -2.41. The van der Waals surface area contributed by atoms with Gasteiger partial charge in [-0.25, -0.2) is 4.98 Å². The van der Waals surface area contributed by atoms with Crippen molar-refractivity contribution in [2.75, 3.05) is 17.6 Å². The van der Waals surface area contributed by atoms with Crippen LogP contribution >= 0.6 is 0 Å². The van der Waals surface area contributed by atoms with E-state index in [0.717, 1.165) is 29.2 Å². The molecule has 0 atom stereocenters. The average molecular weight is 244 g/mol. The molecule has 4 N–H and O–H groups in total. The van der Waals surface area contributed by atoms with Crippen LogP contribution in [0.15, 0.2) is 18.2 Å². The third-order valence-electron chi connectivity index (χ3n) is 4.30. The summed E-state index contributed by atoms with van der Waals surface area (Å²) in [5, 5.41) is 3.44. The van der Waals surface area contributed by atoms with Gasteiger partial charge in [0, 0.05) is 12.2 Å². The third kappa shape index (κ3) is 1.92. The molecule has 1 aromatic heterocycles. The van der Waals surface area contributed by atoms with Crippen molar-refractivity contribution in [3.63, 3.8) is 0 Å². The van der Waals surface area contributed by atoms with E-state index in [1.807, 2.05) is 18.2 Å². The fourth-order valence-corrected chi connectivity index (χ4v) is 2.71. The largest absolute Gasteiger partial charge is 0.399 e. The lowest BCUT2D eigenvalue weighted by molar-refractivity contribution is 0.145. The Hall–Kier alpha value is -1.71. The van der Waals surface area contributed by atoms with Crippen molar-refractivity contribution in [3.05, 3.63) is 18.2 Å². The molecule has 4 nitrogen and oxygen atoms in total. The van der Waals surface area contributed by atoms with Gasteiger partial charge in [-0.3, -0.25) is 0 Å². The Morgan fingerprint density at radius 3 is 2.94 bits per heavy atom. The normalized spacial score (nSPS) is 17.6. The molecule has 1 aliphatic rings. The predicted octanol–water partition coefficient (Wildman–Crippen LogP) is 3.14. The molecule has 1 fully saturated rings. The molecule has 3 rings (SSSR count). The first-order valence-electron chi connectivity index (χ1n) is 6.70. The van der Waals surface area contributed by atoms with Gasteiger partial charge >= 0.3 is 0 Å². The van der Waals surface area contributed by atoms with Crippen molar-refractivity contribution in [1.29, 1.82) is 0 Å². The molecule has 4 heteroatoms. The maximum atomic E-state index is 5.76. The van der Waals surface area contributed by atoms with Gasteiger partial charge in [-0.05, 0) is 42.9 Å². The molecular weight excluding hydrogens is 224 g/mol. The van der Waals surface area contributed by atoms with Crippen LogP contribution in [0.1, 0.15) is 32.6 Å². The number of imidazole rings is 1. The number of hydrogen-bond acceptors (Lipinski definition) is 3. The second-order valence-electron chi connectivity index (χ2n) is 5.42. The standard InChI is InChI=1S/C14H20N4/c1-2-14(6-3-7-14)9-16-13-17-11-5-4-10(15)8-12(11)18-13/h4-5,8H,2-3,6-7,9,15H2,1H3,(H2,16,17,18). The van der Waals surface area contributed by atoms with Crippen LogP contribution in [0, 0.1) is 5.41 Å². The number of hydrogen-bond donors (Lipinski definition) is 3. The molecule has 1 aliphatic carbocycles. The van der Waals surface area contributed by atoms with Crippen molar-refractivity contribution in [2.45, 2.75) is 32.6 Å². The molecule has 0 spiro atoms. The summed E-state index contributed by atoms with van der Waals surface area (Å²) in [7, 11) is 0. The van der Waals surface area contributed by atoms with Gasteiger partial charge in [0.25, 0.3) is 0 Å². The average Bonchev–Trinajstić information content (AvgIpc) is 2.70. The highest BCUT2D eigenvalue weighted by atomic mass is 15.1. The fraction of sp³-hybridized carbons (Fsp3) is 0.500. The number of benzene rings is 1. The van der Waals surface area contributed by atoms with Crippen LogP contribution < -0.4 is 11.1 Å². The molecule has 18 heavy (non-hydrogen) atoms. The highest BCUT2D eigenvalue weighted by Gasteiger charge is 2.34. The molecule has 0 radical (unpaired) electrons. The summed E-state index contributed by atoms with van der Waals surface area (Å²) < 4.78 is 0. The second-order valence-corrected chi connectivity index (χ2v) is 5.42. The number of nitrogen functional groups attached to an aromatic ring is 1. The molecule has 96 valence electrons. The van der Waals surface area contributed by atoms with E-state index >= 15 is 0 Å². The molecule has 0 aliphatic heterocycles. The van der Waals surface area contributed by atoms with Crippen LogP contribution in [0.2, 0.25) is 0 Å². The number of rotatable bonds is 4. The first-order chi connectivity index (χ1) is 8.71. The lowest BCUT2D eigenvalue weighted by atomic mass is 9.67. The zero-order valence-corrected chi connectivity index (χ0v) is 10.8. The molecule has 1 aromatic carbocycles. The first kappa shape index (κ1) is 11.4. The van der Waals surface area contributed by atoms with Crippen LogP contribution in [0.5, 0.6) is 0 Å². The van der Waals surface area contributed by atoms with E-state index in [1.54, 1.807) is 0 Å². The van der Waals surface area contributed by atoms with Gasteiger partial charge in [0.2, 0.25) is 5.95 Å². The highest BCUT2D eigenvalue weighted by molar-refractivity contribution is 5.80. The van der Waals surface area contributed by atoms with Crippen LogP contribution in [0.25, 0.3) is 11.0 Å². The van der Waals surface area contributed by atoms with Gasteiger partial charge < -0.3 is 16.0 Å². The van der Waals surface area contributed by atoms with E-state index in [0.29, 0.717) is 5.41 Å². The lowest BCUT2D eigenvalue weighted by Crippen LogP contribution is -2.36. The molecule has 0 unspecified atom stereocenters. The number of aromatic nitrogens is 2. The van der Waals surface area contributed by atoms with Gasteiger partial charge in [0.05, 0.1) is 11.0 Å². The van der Waals surface area contributed by atoms with Crippen molar-refractivity contribution in [1.82, 2.24) is 9.97 Å². The second kappa shape index (κ2) is 4.19. The van der Waals surface area contributed by atoms with Gasteiger partial charge in [-0.1, -0.05) is 13.3 Å². The van der Waals surface area contributed by atoms with E-state index in [-0.39, 0.29) is 0 Å². The van der Waals surface area contributed by atoms with E-state index < -0.39 is 0 Å². The summed E-state index contributed by atoms with van der Waals surface area (Å²) in [6, 6.07) is 5.75. The number of nitrogens with one attached hydrogen (secondary N) is 2. The van der Waals surface area contributed by atoms with Gasteiger partial charge in [-0.2, -0.15) is 0 Å². The topological polar surface area (TPSA) is 66.7 Å². The number of nitrogens with zero attached hydrogens (tertiary/aromatic N) is 1. The summed E-state index contributed by atoms with van der Waals surface area (Å²) in [4.78, 5) is 7.81. The van der Waals surface area contributed by atoms with Crippen molar-refractivity contribution < 1.29 is 0 Å². The molecule has 1 saturated carbocycles. The van der Waals surface area contributed by atoms with E-state index in [2.05, 4.69) is 22.2 Å². The minimum atomic E-state index is 0.498. The SMILES string of the molecule is CCC1(CNc2nc3ccc(N)cc3[nH]2)CCC1. The Morgan fingerprint density at radius 2 is 2.28 bits per heavy atom. The van der Waals surface area contributed by atoms with Gasteiger partial charge in [-0.15, -0.1) is 0 Å². The zero-order chi connectivity index (χ0) is 12.6. The molecule has 2 aromatic rings. The summed E-state index contributed by atoms with van der Waals surface area (Å²) >= 11 is 0. The maximum Gasteiger partial charge on any atom is 0.201 e. The van der Waals surface area contributed by atoms with Crippen LogP contribution in [0.4, 0.5) is 11.6 Å². The maximum absolute atomic E-state index is 5.76. The van der Waals surface area contributed by atoms with Gasteiger partial charge in [0.15, 0.2) is 0 Å². The Balaban J connectivity index is 1.74. The molecule has 0 saturated heterocycles. The Kier molecular flexibility index (Phi) is 2.65. The van der Waals surface area contributed by atoms with E-state index in [9.17, 15) is 0 Å². The summed E-state index contributed by atoms with van der Waals surface area (Å²) in [6.45, 7) is 3.29. The summed E-state index contributed by atoms with van der Waals surface area (Å²) in [6.07, 6.45) is 5.28. The number of fused-ring (bicyclic) bond motifs is 1. The smallest absolute Gasteiger partial charge is 0.201 e. The first-order valence-corrected chi connectivity index (χ1v) is 6.70. The predicted molar refractivity (Wildman–Crippen MR) is 75.6 cm³/mol. The highest BCUT2D eigenvalue weighted by Crippen LogP contribution is 2.43. The van der Waals surface area contributed by atoms with Crippen LogP contribution in [0.3, 0.4) is 0 Å². The summed E-state index contributed by atoms with van der Waals surface area (Å²) in [5.41, 5.74) is 8.98. The van der Waals surface area contributed by atoms with Crippen LogP contribution in [-0.4, -0.2) is 16.5 Å². The minimum Gasteiger partial charge on any atom is -0.399 e. The Labute approximate surface area is 107 Å². The Morgan fingerprint density at radius 1 is 1.44 bits per heavy atom. The van der Waals surface area contributed by atoms with E-state index in [4.69, 9.17) is 5.73 Å². The molecule has 1 heterocycles. The van der Waals surface area contributed by atoms with Crippen molar-refractivity contribution in [3.8, 4) is 0 Å². The van der Waals surface area contributed by atoms with E-state index in [1.165, 1.54) is 25.7 Å². The Bertz CT molecular complexity index is 548. The van der Waals surface area contributed by atoms with Crippen LogP contribution in [-0.2, 0) is 0 Å². The fourth-order valence-electron chi connectivity index (χ4n) is 2.71. The third-order valence-corrected chi connectivity index (χ3v) is 4.30. The zero-order valence-electron chi connectivity index (χ0n) is 10.8. The number of H-pyrrole nitrogens is 1. The quantitative estimate of drug-likeness (QED) is 0.724. The van der Waals surface area contributed by atoms with Crippen molar-refractivity contribution >= 4 is 22.7 Å². The number of nitrogens with two attached hydrogens (primary N) is 1. The monoisotopic (exact) mass is 244 g/mol.